The minimum absolute atomic E-state index is 0.0498. The maximum absolute atomic E-state index is 11.5. The number of nitrogens with zero attached hydrogens (tertiary/aromatic N) is 2. The van der Waals surface area contributed by atoms with Gasteiger partial charge in [0.05, 0.1) is 25.5 Å². The quantitative estimate of drug-likeness (QED) is 0.551. The van der Waals surface area contributed by atoms with Crippen LogP contribution in [0, 0.1) is 11.3 Å². The molecule has 4 heteroatoms. The van der Waals surface area contributed by atoms with Gasteiger partial charge in [0.15, 0.2) is 0 Å². The summed E-state index contributed by atoms with van der Waals surface area (Å²) in [5, 5.41) is 8.40. The van der Waals surface area contributed by atoms with Crippen LogP contribution in [0.1, 0.15) is 45.4 Å². The third kappa shape index (κ3) is 9.83. The molecule has 0 rings (SSSR count). The van der Waals surface area contributed by atoms with Crippen molar-refractivity contribution in [3.63, 3.8) is 0 Å². The second kappa shape index (κ2) is 11.4. The lowest BCUT2D eigenvalue weighted by atomic mass is 10.2. The van der Waals surface area contributed by atoms with Gasteiger partial charge in [-0.3, -0.25) is 4.79 Å². The predicted octanol–water partition coefficient (Wildman–Crippen LogP) is 2.35. The molecule has 0 radical (unpaired) electrons. The molecule has 0 aliphatic carbocycles. The summed E-state index contributed by atoms with van der Waals surface area (Å²) in [6.07, 6.45) is 5.55. The maximum Gasteiger partial charge on any atom is 0.224 e. The fraction of sp³-hybridized carbons (Fsp3) is 0.846. The molecule has 17 heavy (non-hydrogen) atoms. The Labute approximate surface area is 105 Å². The maximum atomic E-state index is 11.5. The molecule has 0 unspecified atom stereocenters. The lowest BCUT2D eigenvalue weighted by Gasteiger charge is -2.15. The topological polar surface area (TPSA) is 53.3 Å². The zero-order chi connectivity index (χ0) is 12.9. The van der Waals surface area contributed by atoms with Crippen molar-refractivity contribution in [2.75, 3.05) is 26.8 Å². The summed E-state index contributed by atoms with van der Waals surface area (Å²) in [5.41, 5.74) is 0. The van der Waals surface area contributed by atoms with Gasteiger partial charge < -0.3 is 9.64 Å². The molecule has 0 aromatic carbocycles. The lowest BCUT2D eigenvalue weighted by molar-refractivity contribution is -0.130. The third-order valence-electron chi connectivity index (χ3n) is 2.59. The van der Waals surface area contributed by atoms with Crippen LogP contribution in [-0.4, -0.2) is 37.6 Å². The molecule has 0 saturated heterocycles. The van der Waals surface area contributed by atoms with E-state index in [1.165, 1.54) is 19.3 Å². The van der Waals surface area contributed by atoms with Crippen molar-refractivity contribution in [2.45, 2.75) is 45.4 Å². The highest BCUT2D eigenvalue weighted by atomic mass is 16.5. The number of amides is 1. The summed E-state index contributed by atoms with van der Waals surface area (Å²) in [6.45, 7) is 3.92. The molecular formula is C13H24N2O2. The van der Waals surface area contributed by atoms with Gasteiger partial charge in [0.1, 0.15) is 0 Å². The fourth-order valence-corrected chi connectivity index (χ4v) is 1.43. The number of rotatable bonds is 10. The van der Waals surface area contributed by atoms with E-state index in [1.54, 1.807) is 11.9 Å². The number of hydrogen-bond acceptors (Lipinski definition) is 3. The Kier molecular flexibility index (Phi) is 10.7. The number of ether oxygens (including phenoxy) is 1. The van der Waals surface area contributed by atoms with E-state index in [4.69, 9.17) is 10.00 Å². The lowest BCUT2D eigenvalue weighted by Crippen LogP contribution is -2.28. The second-order valence-corrected chi connectivity index (χ2v) is 4.15. The smallest absolute Gasteiger partial charge is 0.224 e. The average Bonchev–Trinajstić information content (AvgIpc) is 2.34. The Morgan fingerprint density at radius 1 is 1.29 bits per heavy atom. The summed E-state index contributed by atoms with van der Waals surface area (Å²) >= 11 is 0. The molecule has 1 amide bonds. The van der Waals surface area contributed by atoms with Crippen LogP contribution in [-0.2, 0) is 9.53 Å². The Balaban J connectivity index is 3.35. The number of carbonyl (C=O) groups is 1. The minimum Gasteiger partial charge on any atom is -0.381 e. The van der Waals surface area contributed by atoms with Crippen molar-refractivity contribution in [1.82, 2.24) is 4.90 Å². The first-order valence-electron chi connectivity index (χ1n) is 6.41. The highest BCUT2D eigenvalue weighted by molar-refractivity contribution is 5.75. The van der Waals surface area contributed by atoms with E-state index < -0.39 is 0 Å². The van der Waals surface area contributed by atoms with Gasteiger partial charge in [-0.05, 0) is 6.42 Å². The van der Waals surface area contributed by atoms with Gasteiger partial charge in [0.2, 0.25) is 5.91 Å². The summed E-state index contributed by atoms with van der Waals surface area (Å²) in [4.78, 5) is 13.1. The van der Waals surface area contributed by atoms with Gasteiger partial charge in [-0.1, -0.05) is 26.2 Å². The zero-order valence-electron chi connectivity index (χ0n) is 11.1. The van der Waals surface area contributed by atoms with E-state index in [2.05, 4.69) is 6.92 Å². The van der Waals surface area contributed by atoms with Gasteiger partial charge in [-0.2, -0.15) is 5.26 Å². The summed E-state index contributed by atoms with van der Waals surface area (Å²) in [6, 6.07) is 2.02. The molecule has 0 spiro atoms. The van der Waals surface area contributed by atoms with Gasteiger partial charge in [-0.15, -0.1) is 0 Å². The fourth-order valence-electron chi connectivity index (χ4n) is 1.43. The van der Waals surface area contributed by atoms with Crippen molar-refractivity contribution < 1.29 is 9.53 Å². The van der Waals surface area contributed by atoms with Gasteiger partial charge >= 0.3 is 0 Å². The van der Waals surface area contributed by atoms with Crippen LogP contribution >= 0.6 is 0 Å². The van der Waals surface area contributed by atoms with Crippen molar-refractivity contribution in [3.05, 3.63) is 0 Å². The molecule has 0 fully saturated rings. The molecule has 0 aliphatic rings. The molecule has 0 heterocycles. The number of hydrogen-bond donors (Lipinski definition) is 0. The van der Waals surface area contributed by atoms with E-state index >= 15 is 0 Å². The van der Waals surface area contributed by atoms with E-state index in [9.17, 15) is 4.79 Å². The molecule has 0 aromatic heterocycles. The van der Waals surface area contributed by atoms with Gasteiger partial charge in [0, 0.05) is 20.2 Å². The van der Waals surface area contributed by atoms with Crippen LogP contribution in [0.15, 0.2) is 0 Å². The Morgan fingerprint density at radius 2 is 2.06 bits per heavy atom. The highest BCUT2D eigenvalue weighted by Gasteiger charge is 2.07. The summed E-state index contributed by atoms with van der Waals surface area (Å²) in [5.74, 6) is 0.0498. The SMILES string of the molecule is CCCCCCOCCC(=O)N(C)CCC#N. The van der Waals surface area contributed by atoms with Crippen molar-refractivity contribution >= 4 is 5.91 Å². The standard InChI is InChI=1S/C13H24N2O2/c1-3-4-5-6-11-17-12-8-13(16)15(2)10-7-9-14/h3-8,10-12H2,1-2H3. The van der Waals surface area contributed by atoms with Crippen LogP contribution in [0.25, 0.3) is 0 Å². The summed E-state index contributed by atoms with van der Waals surface area (Å²) in [7, 11) is 1.72. The van der Waals surface area contributed by atoms with Crippen molar-refractivity contribution in [3.8, 4) is 6.07 Å². The molecule has 4 nitrogen and oxygen atoms in total. The zero-order valence-corrected chi connectivity index (χ0v) is 11.1. The van der Waals surface area contributed by atoms with Crippen molar-refractivity contribution in [1.29, 1.82) is 5.26 Å². The molecule has 0 saturated carbocycles. The normalized spacial score (nSPS) is 9.94. The molecule has 98 valence electrons. The monoisotopic (exact) mass is 240 g/mol. The van der Waals surface area contributed by atoms with Crippen molar-refractivity contribution in [2.24, 2.45) is 0 Å². The van der Waals surface area contributed by atoms with Gasteiger partial charge in [0.25, 0.3) is 0 Å². The molecule has 0 aliphatic heterocycles. The second-order valence-electron chi connectivity index (χ2n) is 4.15. The van der Waals surface area contributed by atoms with Crippen LogP contribution in [0.3, 0.4) is 0 Å². The largest absolute Gasteiger partial charge is 0.381 e. The minimum atomic E-state index is 0.0498. The van der Waals surface area contributed by atoms with Crippen LogP contribution < -0.4 is 0 Å². The molecule has 0 atom stereocenters. The number of unbranched alkanes of at least 4 members (excludes halogenated alkanes) is 3. The first kappa shape index (κ1) is 15.9. The van der Waals surface area contributed by atoms with E-state index in [1.807, 2.05) is 6.07 Å². The first-order valence-corrected chi connectivity index (χ1v) is 6.41. The van der Waals surface area contributed by atoms with E-state index in [0.717, 1.165) is 13.0 Å². The number of carbonyl (C=O) groups excluding carboxylic acids is 1. The Hall–Kier alpha value is -1.08. The highest BCUT2D eigenvalue weighted by Crippen LogP contribution is 2.00. The first-order chi connectivity index (χ1) is 8.22. The summed E-state index contributed by atoms with van der Waals surface area (Å²) < 4.78 is 5.39. The van der Waals surface area contributed by atoms with E-state index in [0.29, 0.717) is 26.0 Å². The average molecular weight is 240 g/mol. The Morgan fingerprint density at radius 3 is 2.71 bits per heavy atom. The third-order valence-corrected chi connectivity index (χ3v) is 2.59. The van der Waals surface area contributed by atoms with E-state index in [-0.39, 0.29) is 5.91 Å². The van der Waals surface area contributed by atoms with Crippen LogP contribution in [0.5, 0.6) is 0 Å². The molecule has 0 aromatic rings. The molecule has 0 N–H and O–H groups in total. The predicted molar refractivity (Wildman–Crippen MR) is 67.4 cm³/mol. The van der Waals surface area contributed by atoms with Crippen LogP contribution in [0.2, 0.25) is 0 Å². The van der Waals surface area contributed by atoms with Gasteiger partial charge in [-0.25, -0.2) is 0 Å². The number of nitriles is 1. The molecular weight excluding hydrogens is 216 g/mol. The Bertz CT molecular complexity index is 236. The van der Waals surface area contributed by atoms with Crippen LogP contribution in [0.4, 0.5) is 0 Å². The molecule has 0 bridgehead atoms.